The Balaban J connectivity index is 2.32. The topological polar surface area (TPSA) is 39.2 Å². The Kier molecular flexibility index (Phi) is 4.93. The summed E-state index contributed by atoms with van der Waals surface area (Å²) in [4.78, 5) is 16.4. The van der Waals surface area contributed by atoms with Gasteiger partial charge in [0.25, 0.3) is 0 Å². The number of esters is 1. The number of nitrogens with zero attached hydrogens (tertiary/aromatic N) is 1. The van der Waals surface area contributed by atoms with Gasteiger partial charge in [-0.1, -0.05) is 6.92 Å². The van der Waals surface area contributed by atoms with Crippen molar-refractivity contribution in [1.82, 2.24) is 4.98 Å². The molecule has 0 spiro atoms. The minimum absolute atomic E-state index is 0.206. The second-order valence-corrected chi connectivity index (χ2v) is 5.71. The zero-order valence-corrected chi connectivity index (χ0v) is 14.3. The van der Waals surface area contributed by atoms with E-state index in [2.05, 4.69) is 4.98 Å². The van der Waals surface area contributed by atoms with E-state index in [0.717, 1.165) is 0 Å². The van der Waals surface area contributed by atoms with Crippen molar-refractivity contribution in [2.45, 2.75) is 20.3 Å². The maximum Gasteiger partial charge on any atom is 0.338 e. The number of carbonyl (C=O) groups excluding carboxylic acids is 1. The number of benzene rings is 2. The van der Waals surface area contributed by atoms with E-state index < -0.39 is 23.4 Å². The Morgan fingerprint density at radius 3 is 2.35 bits per heavy atom. The summed E-state index contributed by atoms with van der Waals surface area (Å²) < 4.78 is 47.0. The normalized spacial score (nSPS) is 11.0. The van der Waals surface area contributed by atoms with Gasteiger partial charge in [0, 0.05) is 23.2 Å². The molecule has 0 atom stereocenters. The maximum atomic E-state index is 14.3. The second-order valence-electron chi connectivity index (χ2n) is 5.71. The van der Waals surface area contributed by atoms with Gasteiger partial charge < -0.3 is 4.74 Å². The summed E-state index contributed by atoms with van der Waals surface area (Å²) in [6.45, 7) is 3.75. The number of ether oxygens (including phenoxy) is 1. The molecule has 0 fully saturated rings. The van der Waals surface area contributed by atoms with Gasteiger partial charge in [-0.25, -0.2) is 18.0 Å². The second kappa shape index (κ2) is 7.15. The summed E-state index contributed by atoms with van der Waals surface area (Å²) in [6.07, 6.45) is 0.549. The molecule has 6 heteroatoms. The van der Waals surface area contributed by atoms with Crippen LogP contribution >= 0.6 is 0 Å². The van der Waals surface area contributed by atoms with Crippen molar-refractivity contribution in [2.75, 3.05) is 6.61 Å². The third kappa shape index (κ3) is 3.27. The SMILES string of the molecule is CCOC(=O)c1ccc2nc(CC)cc(-c3c(F)cc(F)cc3F)c2c1. The molecule has 3 nitrogen and oxygen atoms in total. The van der Waals surface area contributed by atoms with Gasteiger partial charge in [0.15, 0.2) is 0 Å². The summed E-state index contributed by atoms with van der Waals surface area (Å²) >= 11 is 0. The molecule has 0 saturated heterocycles. The molecule has 0 aliphatic carbocycles. The van der Waals surface area contributed by atoms with Crippen LogP contribution in [0.4, 0.5) is 13.2 Å². The Labute approximate surface area is 148 Å². The third-order valence-corrected chi connectivity index (χ3v) is 4.01. The van der Waals surface area contributed by atoms with E-state index in [4.69, 9.17) is 4.74 Å². The molecular weight excluding hydrogens is 343 g/mol. The van der Waals surface area contributed by atoms with Gasteiger partial charge in [0.2, 0.25) is 0 Å². The van der Waals surface area contributed by atoms with E-state index >= 15 is 0 Å². The first-order valence-corrected chi connectivity index (χ1v) is 8.20. The van der Waals surface area contributed by atoms with Gasteiger partial charge >= 0.3 is 5.97 Å². The van der Waals surface area contributed by atoms with Gasteiger partial charge in [-0.2, -0.15) is 0 Å². The fourth-order valence-corrected chi connectivity index (χ4v) is 2.81. The minimum Gasteiger partial charge on any atom is -0.462 e. The van der Waals surface area contributed by atoms with Crippen molar-refractivity contribution >= 4 is 16.9 Å². The van der Waals surface area contributed by atoms with Crippen LogP contribution in [0.5, 0.6) is 0 Å². The Morgan fingerprint density at radius 2 is 1.73 bits per heavy atom. The smallest absolute Gasteiger partial charge is 0.338 e. The predicted octanol–water partition coefficient (Wildman–Crippen LogP) is 5.06. The molecule has 0 aliphatic rings. The van der Waals surface area contributed by atoms with Crippen LogP contribution in [0, 0.1) is 17.5 Å². The molecule has 1 aromatic heterocycles. The molecule has 3 rings (SSSR count). The molecular formula is C20H16F3NO2. The lowest BCUT2D eigenvalue weighted by atomic mass is 9.97. The van der Waals surface area contributed by atoms with Gasteiger partial charge in [-0.05, 0) is 43.2 Å². The van der Waals surface area contributed by atoms with Crippen LogP contribution in [0.15, 0.2) is 36.4 Å². The predicted molar refractivity (Wildman–Crippen MR) is 92.4 cm³/mol. The number of pyridine rings is 1. The van der Waals surface area contributed by atoms with E-state index in [1.165, 1.54) is 6.07 Å². The van der Waals surface area contributed by atoms with Crippen LogP contribution in [0.1, 0.15) is 29.9 Å². The first kappa shape index (κ1) is 17.9. The van der Waals surface area contributed by atoms with Crippen molar-refractivity contribution in [2.24, 2.45) is 0 Å². The third-order valence-electron chi connectivity index (χ3n) is 4.01. The largest absolute Gasteiger partial charge is 0.462 e. The summed E-state index contributed by atoms with van der Waals surface area (Å²) in [7, 11) is 0. The molecule has 2 aromatic carbocycles. The number of hydrogen-bond donors (Lipinski definition) is 0. The van der Waals surface area contributed by atoms with Crippen LogP contribution in [-0.2, 0) is 11.2 Å². The number of rotatable bonds is 4. The quantitative estimate of drug-likeness (QED) is 0.612. The molecule has 1 heterocycles. The highest BCUT2D eigenvalue weighted by atomic mass is 19.1. The average molecular weight is 359 g/mol. The molecule has 0 bridgehead atoms. The van der Waals surface area contributed by atoms with Crippen LogP contribution in [0.3, 0.4) is 0 Å². The van der Waals surface area contributed by atoms with Gasteiger partial charge in [0.05, 0.1) is 23.3 Å². The van der Waals surface area contributed by atoms with Crippen LogP contribution in [-0.4, -0.2) is 17.6 Å². The summed E-state index contributed by atoms with van der Waals surface area (Å²) in [6, 6.07) is 7.45. The lowest BCUT2D eigenvalue weighted by Gasteiger charge is -2.12. The van der Waals surface area contributed by atoms with Crippen LogP contribution in [0.25, 0.3) is 22.0 Å². The highest BCUT2D eigenvalue weighted by molar-refractivity contribution is 6.00. The van der Waals surface area contributed by atoms with Crippen molar-refractivity contribution in [1.29, 1.82) is 0 Å². The maximum absolute atomic E-state index is 14.3. The summed E-state index contributed by atoms with van der Waals surface area (Å²) in [5, 5.41) is 0.386. The Hall–Kier alpha value is -2.89. The van der Waals surface area contributed by atoms with Gasteiger partial charge in [-0.3, -0.25) is 4.98 Å². The molecule has 0 unspecified atom stereocenters. The molecule has 0 aliphatic heterocycles. The molecule has 0 saturated carbocycles. The van der Waals surface area contributed by atoms with Crippen molar-refractivity contribution in [3.05, 3.63) is 65.1 Å². The average Bonchev–Trinajstić information content (AvgIpc) is 2.60. The van der Waals surface area contributed by atoms with Gasteiger partial charge in [-0.15, -0.1) is 0 Å². The summed E-state index contributed by atoms with van der Waals surface area (Å²) in [5.41, 5.74) is 1.21. The highest BCUT2D eigenvalue weighted by Crippen LogP contribution is 2.34. The lowest BCUT2D eigenvalue weighted by molar-refractivity contribution is 0.0526. The number of carbonyl (C=O) groups is 1. The molecule has 134 valence electrons. The first-order chi connectivity index (χ1) is 12.4. The Morgan fingerprint density at radius 1 is 1.04 bits per heavy atom. The molecule has 3 aromatic rings. The van der Waals surface area contributed by atoms with Crippen molar-refractivity contribution < 1.29 is 22.7 Å². The van der Waals surface area contributed by atoms with Crippen LogP contribution in [0.2, 0.25) is 0 Å². The summed E-state index contributed by atoms with van der Waals surface area (Å²) in [5.74, 6) is -3.57. The Bertz CT molecular complexity index is 979. The first-order valence-electron chi connectivity index (χ1n) is 8.20. The standard InChI is InChI=1S/C20H16F3NO2/c1-3-13-10-15(19-16(22)8-12(21)9-17(19)23)14-7-11(20(25)26-4-2)5-6-18(14)24-13/h5-10H,3-4H2,1-2H3. The zero-order chi connectivity index (χ0) is 18.8. The van der Waals surface area contributed by atoms with Crippen LogP contribution < -0.4 is 0 Å². The highest BCUT2D eigenvalue weighted by Gasteiger charge is 2.19. The van der Waals surface area contributed by atoms with Gasteiger partial charge in [0.1, 0.15) is 17.5 Å². The number of fused-ring (bicyclic) bond motifs is 1. The fraction of sp³-hybridized carbons (Fsp3) is 0.200. The van der Waals surface area contributed by atoms with E-state index in [9.17, 15) is 18.0 Å². The number of aryl methyl sites for hydroxylation is 1. The molecule has 0 N–H and O–H groups in total. The molecule has 26 heavy (non-hydrogen) atoms. The van der Waals surface area contributed by atoms with E-state index in [1.54, 1.807) is 25.1 Å². The number of aromatic nitrogens is 1. The fourth-order valence-electron chi connectivity index (χ4n) is 2.81. The van der Waals surface area contributed by atoms with E-state index in [0.29, 0.717) is 35.2 Å². The lowest BCUT2D eigenvalue weighted by Crippen LogP contribution is -2.05. The van der Waals surface area contributed by atoms with Crippen molar-refractivity contribution in [3.63, 3.8) is 0 Å². The number of hydrogen-bond acceptors (Lipinski definition) is 3. The van der Waals surface area contributed by atoms with E-state index in [-0.39, 0.29) is 23.3 Å². The molecule has 0 amide bonds. The monoisotopic (exact) mass is 359 g/mol. The van der Waals surface area contributed by atoms with Crippen molar-refractivity contribution in [3.8, 4) is 11.1 Å². The number of halogens is 3. The zero-order valence-electron chi connectivity index (χ0n) is 14.3. The minimum atomic E-state index is -1.02. The van der Waals surface area contributed by atoms with E-state index in [1.807, 2.05) is 6.92 Å². The molecule has 0 radical (unpaired) electrons.